The molecule has 0 spiro atoms. The van der Waals surface area contributed by atoms with Crippen LogP contribution in [0.15, 0.2) is 64.4 Å². The second-order valence-electron chi connectivity index (χ2n) is 5.49. The Morgan fingerprint density at radius 1 is 0.889 bits per heavy atom. The second kappa shape index (κ2) is 7.66. The van der Waals surface area contributed by atoms with Gasteiger partial charge in [0.05, 0.1) is 21.2 Å². The molecule has 0 saturated heterocycles. The molecule has 5 N–H and O–H groups in total. The van der Waals surface area contributed by atoms with Crippen LogP contribution in [0.25, 0.3) is 10.8 Å². The summed E-state index contributed by atoms with van der Waals surface area (Å²) in [4.78, 5) is -0.435. The van der Waals surface area contributed by atoms with Gasteiger partial charge in [-0.25, -0.2) is 8.42 Å². The predicted octanol–water partition coefficient (Wildman–Crippen LogP) is 1.79. The van der Waals surface area contributed by atoms with E-state index < -0.39 is 20.1 Å². The normalized spacial score (nSPS) is 11.7. The van der Waals surface area contributed by atoms with Crippen LogP contribution < -0.4 is 10.5 Å². The van der Waals surface area contributed by atoms with Gasteiger partial charge >= 0.3 is 0 Å². The molecule has 0 aromatic heterocycles. The van der Waals surface area contributed by atoms with Gasteiger partial charge in [0, 0.05) is 34.9 Å². The molecule has 3 aromatic carbocycles. The quantitative estimate of drug-likeness (QED) is 0.219. The topological polar surface area (TPSA) is 147 Å². The molecular formula is C16H14N2NaO6S2. The predicted molar refractivity (Wildman–Crippen MR) is 103 cm³/mol. The van der Waals surface area contributed by atoms with Crippen molar-refractivity contribution >= 4 is 71.8 Å². The summed E-state index contributed by atoms with van der Waals surface area (Å²) in [7, 11) is -8.36. The first kappa shape index (κ1) is 21.5. The molecule has 0 aliphatic carbocycles. The van der Waals surface area contributed by atoms with E-state index in [9.17, 15) is 21.9 Å². The first-order valence-corrected chi connectivity index (χ1v) is 10.1. The first-order valence-electron chi connectivity index (χ1n) is 7.19. The summed E-state index contributed by atoms with van der Waals surface area (Å²) in [5.41, 5.74) is 5.67. The fourth-order valence-corrected chi connectivity index (χ4v) is 4.05. The van der Waals surface area contributed by atoms with Crippen LogP contribution >= 0.6 is 0 Å². The number of phenols is 1. The molecule has 3 aromatic rings. The molecule has 0 heterocycles. The summed E-state index contributed by atoms with van der Waals surface area (Å²) in [6.45, 7) is 0. The van der Waals surface area contributed by atoms with Crippen molar-refractivity contribution in [3.8, 4) is 5.75 Å². The number of rotatable bonds is 4. The van der Waals surface area contributed by atoms with E-state index in [-0.39, 0.29) is 56.5 Å². The Kier molecular flexibility index (Phi) is 6.10. The molecule has 0 aliphatic heterocycles. The Morgan fingerprint density at radius 3 is 2.19 bits per heavy atom. The third-order valence-corrected chi connectivity index (χ3v) is 5.92. The summed E-state index contributed by atoms with van der Waals surface area (Å²) in [5.74, 6) is -0.230. The molecule has 137 valence electrons. The maximum atomic E-state index is 12.6. The number of hydrogen-bond acceptors (Lipinski definition) is 6. The van der Waals surface area contributed by atoms with Gasteiger partial charge in [0.2, 0.25) is 0 Å². The fraction of sp³-hybridized carbons (Fsp3) is 0. The number of nitrogen functional groups attached to an aromatic ring is 1. The fourth-order valence-electron chi connectivity index (χ4n) is 2.41. The average molecular weight is 417 g/mol. The number of nitrogens with one attached hydrogen (secondary N) is 1. The maximum absolute atomic E-state index is 12.6. The van der Waals surface area contributed by atoms with Crippen molar-refractivity contribution < 1.29 is 26.5 Å². The molecule has 11 heteroatoms. The molecule has 1 radical (unpaired) electrons. The molecule has 3 rings (SSSR count). The molecule has 0 unspecified atom stereocenters. The van der Waals surface area contributed by atoms with Gasteiger partial charge in [-0.2, -0.15) is 8.42 Å². The molecule has 0 bridgehead atoms. The molecule has 8 nitrogen and oxygen atoms in total. The van der Waals surface area contributed by atoms with E-state index in [1.807, 2.05) is 0 Å². The van der Waals surface area contributed by atoms with Crippen molar-refractivity contribution in [1.82, 2.24) is 0 Å². The summed E-state index contributed by atoms with van der Waals surface area (Å²) in [5, 5.41) is 10.3. The average Bonchev–Trinajstić information content (AvgIpc) is 2.56. The summed E-state index contributed by atoms with van der Waals surface area (Å²) in [6, 6.07) is 11.9. The zero-order valence-corrected chi connectivity index (χ0v) is 17.8. The minimum absolute atomic E-state index is 0. The summed E-state index contributed by atoms with van der Waals surface area (Å²) >= 11 is 0. The largest absolute Gasteiger partial charge is 0.506 e. The molecule has 0 amide bonds. The van der Waals surface area contributed by atoms with Gasteiger partial charge in [0.15, 0.2) is 0 Å². The van der Waals surface area contributed by atoms with Crippen molar-refractivity contribution in [2.45, 2.75) is 9.79 Å². The van der Waals surface area contributed by atoms with Gasteiger partial charge in [0.25, 0.3) is 20.1 Å². The molecule has 0 fully saturated rings. The van der Waals surface area contributed by atoms with Gasteiger partial charge in [-0.05, 0) is 41.8 Å². The summed E-state index contributed by atoms with van der Waals surface area (Å²) < 4.78 is 59.1. The van der Waals surface area contributed by atoms with Crippen molar-refractivity contribution in [3.05, 3.63) is 54.6 Å². The number of sulfonamides is 1. The van der Waals surface area contributed by atoms with Crippen molar-refractivity contribution in [3.63, 3.8) is 0 Å². The second-order valence-corrected chi connectivity index (χ2v) is 8.59. The standard InChI is InChI=1S/C16H14N2O6S2.Na/c17-14-9-11(5-7-16(14)19)25(20,21)18-15-3-1-2-10-8-12(26(22,23)24)4-6-13(10)15;/h1-9,18-19H,17H2,(H,22,23,24);. The van der Waals surface area contributed by atoms with Crippen molar-refractivity contribution in [2.75, 3.05) is 10.5 Å². The van der Waals surface area contributed by atoms with E-state index in [1.54, 1.807) is 12.1 Å². The van der Waals surface area contributed by atoms with Gasteiger partial charge < -0.3 is 10.8 Å². The minimum Gasteiger partial charge on any atom is -0.506 e. The number of benzene rings is 3. The summed E-state index contributed by atoms with van der Waals surface area (Å²) in [6.07, 6.45) is 0. The van der Waals surface area contributed by atoms with Gasteiger partial charge in [-0.15, -0.1) is 0 Å². The zero-order chi connectivity index (χ0) is 19.1. The number of hydrogen-bond donors (Lipinski definition) is 4. The van der Waals surface area contributed by atoms with Crippen LogP contribution in [0.4, 0.5) is 11.4 Å². The van der Waals surface area contributed by atoms with Crippen molar-refractivity contribution in [2.24, 2.45) is 0 Å². The van der Waals surface area contributed by atoms with E-state index in [2.05, 4.69) is 4.72 Å². The van der Waals surface area contributed by atoms with Crippen LogP contribution in [0.5, 0.6) is 5.75 Å². The Hall–Kier alpha value is -1.82. The molecule has 27 heavy (non-hydrogen) atoms. The van der Waals surface area contributed by atoms with E-state index in [0.29, 0.717) is 10.8 Å². The van der Waals surface area contributed by atoms with Gasteiger partial charge in [-0.1, -0.05) is 18.2 Å². The molecule has 0 saturated carbocycles. The number of aromatic hydroxyl groups is 1. The Balaban J connectivity index is 0.00000261. The van der Waals surface area contributed by atoms with Gasteiger partial charge in [-0.3, -0.25) is 9.27 Å². The SMILES string of the molecule is Nc1cc(S(=O)(=O)Nc2cccc3cc(S(=O)(=O)O)ccc23)ccc1O.[Na]. The van der Waals surface area contributed by atoms with Crippen LogP contribution in [-0.2, 0) is 20.1 Å². The van der Waals surface area contributed by atoms with Crippen LogP contribution in [-0.4, -0.2) is 56.1 Å². The van der Waals surface area contributed by atoms with Gasteiger partial charge in [0.1, 0.15) is 5.75 Å². The van der Waals surface area contributed by atoms with Crippen molar-refractivity contribution in [1.29, 1.82) is 0 Å². The zero-order valence-electron chi connectivity index (χ0n) is 14.1. The molecule has 0 aliphatic rings. The molecular weight excluding hydrogens is 403 g/mol. The van der Waals surface area contributed by atoms with E-state index in [4.69, 9.17) is 10.3 Å². The third kappa shape index (κ3) is 4.54. The number of fused-ring (bicyclic) bond motifs is 1. The molecule has 0 atom stereocenters. The monoisotopic (exact) mass is 417 g/mol. The van der Waals surface area contributed by atoms with Crippen LogP contribution in [0.1, 0.15) is 0 Å². The number of nitrogens with two attached hydrogens (primary N) is 1. The number of anilines is 2. The van der Waals surface area contributed by atoms with E-state index >= 15 is 0 Å². The van der Waals surface area contributed by atoms with Crippen LogP contribution in [0, 0.1) is 0 Å². The first-order chi connectivity index (χ1) is 12.1. The Labute approximate surface area is 178 Å². The van der Waals surface area contributed by atoms with E-state index in [1.165, 1.54) is 36.4 Å². The smallest absolute Gasteiger partial charge is 0.294 e. The van der Waals surface area contributed by atoms with Crippen LogP contribution in [0.3, 0.4) is 0 Å². The number of phenolic OH excluding ortho intramolecular Hbond substituents is 1. The third-order valence-electron chi connectivity index (χ3n) is 3.70. The maximum Gasteiger partial charge on any atom is 0.294 e. The minimum atomic E-state index is -4.37. The van der Waals surface area contributed by atoms with Crippen LogP contribution in [0.2, 0.25) is 0 Å². The Bertz CT molecular complexity index is 1230. The van der Waals surface area contributed by atoms with E-state index in [0.717, 1.165) is 6.07 Å². The Morgan fingerprint density at radius 2 is 1.56 bits per heavy atom.